The summed E-state index contributed by atoms with van der Waals surface area (Å²) in [6.45, 7) is 0. The molecule has 0 unspecified atom stereocenters. The van der Waals surface area contributed by atoms with E-state index in [4.69, 9.17) is 23.2 Å². The fourth-order valence-electron chi connectivity index (χ4n) is 1.78. The molecule has 0 bridgehead atoms. The van der Waals surface area contributed by atoms with Crippen molar-refractivity contribution in [2.24, 2.45) is 0 Å². The van der Waals surface area contributed by atoms with Gasteiger partial charge in [0, 0.05) is 11.6 Å². The van der Waals surface area contributed by atoms with Crippen LogP contribution in [0.4, 0.5) is 5.69 Å². The summed E-state index contributed by atoms with van der Waals surface area (Å²) in [6.07, 6.45) is 2.78. The summed E-state index contributed by atoms with van der Waals surface area (Å²) in [6, 6.07) is 6.68. The van der Waals surface area contributed by atoms with Gasteiger partial charge in [0.2, 0.25) is 0 Å². The first-order chi connectivity index (χ1) is 9.97. The van der Waals surface area contributed by atoms with Gasteiger partial charge in [0.1, 0.15) is 0 Å². The van der Waals surface area contributed by atoms with Crippen molar-refractivity contribution in [3.63, 3.8) is 0 Å². The molecule has 0 aliphatic carbocycles. The second-order valence-electron chi connectivity index (χ2n) is 4.03. The van der Waals surface area contributed by atoms with E-state index in [-0.39, 0.29) is 8.68 Å². The minimum atomic E-state index is -3.76. The van der Waals surface area contributed by atoms with Crippen LogP contribution in [0, 0.1) is 0 Å². The lowest BCUT2D eigenvalue weighted by molar-refractivity contribution is 0.603. The highest BCUT2D eigenvalue weighted by Gasteiger charge is 2.19. The van der Waals surface area contributed by atoms with Gasteiger partial charge in [-0.2, -0.15) is 0 Å². The molecule has 1 aromatic carbocycles. The monoisotopic (exact) mass is 359 g/mol. The number of benzene rings is 1. The maximum absolute atomic E-state index is 12.3. The number of fused-ring (bicyclic) bond motifs is 1. The molecule has 0 amide bonds. The normalized spacial score (nSPS) is 11.7. The highest BCUT2D eigenvalue weighted by atomic mass is 35.5. The van der Waals surface area contributed by atoms with Gasteiger partial charge in [-0.25, -0.2) is 13.4 Å². The van der Waals surface area contributed by atoms with Gasteiger partial charge >= 0.3 is 0 Å². The van der Waals surface area contributed by atoms with E-state index in [2.05, 4.69) is 14.7 Å². The summed E-state index contributed by atoms with van der Waals surface area (Å²) < 4.78 is 27.2. The number of aromatic nitrogens is 2. The Morgan fingerprint density at radius 3 is 2.67 bits per heavy atom. The molecule has 9 heteroatoms. The van der Waals surface area contributed by atoms with Gasteiger partial charge in [-0.05, 0) is 24.3 Å². The summed E-state index contributed by atoms with van der Waals surface area (Å²) >= 11 is 12.6. The van der Waals surface area contributed by atoms with Gasteiger partial charge in [0.15, 0.2) is 8.68 Å². The van der Waals surface area contributed by atoms with Crippen molar-refractivity contribution in [2.75, 3.05) is 4.72 Å². The van der Waals surface area contributed by atoms with E-state index in [1.54, 1.807) is 30.5 Å². The maximum Gasteiger partial charge on any atom is 0.273 e. The number of hydrogen-bond acceptors (Lipinski definition) is 5. The van der Waals surface area contributed by atoms with Gasteiger partial charge in [0.05, 0.1) is 22.4 Å². The van der Waals surface area contributed by atoms with Crippen molar-refractivity contribution in [1.29, 1.82) is 0 Å². The van der Waals surface area contributed by atoms with Crippen LogP contribution in [0.15, 0.2) is 40.9 Å². The molecule has 0 saturated heterocycles. The zero-order valence-electron chi connectivity index (χ0n) is 10.2. The Kier molecular flexibility index (Phi) is 3.75. The van der Waals surface area contributed by atoms with Crippen LogP contribution in [0.5, 0.6) is 0 Å². The largest absolute Gasteiger partial charge is 0.277 e. The van der Waals surface area contributed by atoms with Gasteiger partial charge in [0.25, 0.3) is 10.0 Å². The first kappa shape index (κ1) is 14.5. The van der Waals surface area contributed by atoms with Crippen molar-refractivity contribution in [2.45, 2.75) is 4.21 Å². The lowest BCUT2D eigenvalue weighted by Crippen LogP contribution is -2.12. The fourth-order valence-corrected chi connectivity index (χ4v) is 4.35. The summed E-state index contributed by atoms with van der Waals surface area (Å²) in [7, 11) is -3.76. The zero-order chi connectivity index (χ0) is 15.0. The number of thiazole rings is 1. The molecule has 21 heavy (non-hydrogen) atoms. The lowest BCUT2D eigenvalue weighted by atomic mass is 10.2. The second kappa shape index (κ2) is 5.42. The van der Waals surface area contributed by atoms with E-state index in [9.17, 15) is 8.42 Å². The number of hydrogen-bond donors (Lipinski definition) is 1. The quantitative estimate of drug-likeness (QED) is 0.771. The van der Waals surface area contributed by atoms with Gasteiger partial charge < -0.3 is 0 Å². The van der Waals surface area contributed by atoms with Crippen molar-refractivity contribution < 1.29 is 8.42 Å². The Balaban J connectivity index is 2.08. The first-order valence-corrected chi connectivity index (χ1v) is 8.70. The van der Waals surface area contributed by atoms with Crippen LogP contribution in [-0.2, 0) is 10.0 Å². The van der Waals surface area contributed by atoms with Gasteiger partial charge in [-0.15, -0.1) is 0 Å². The molecule has 2 aromatic heterocycles. The molecule has 0 saturated carbocycles. The summed E-state index contributed by atoms with van der Waals surface area (Å²) in [5, 5.41) is 1.17. The van der Waals surface area contributed by atoms with E-state index in [1.165, 1.54) is 6.20 Å². The molecule has 1 N–H and O–H groups in total. The number of sulfonamides is 1. The minimum Gasteiger partial charge on any atom is -0.277 e. The van der Waals surface area contributed by atoms with E-state index in [1.807, 2.05) is 0 Å². The van der Waals surface area contributed by atoms with E-state index >= 15 is 0 Å². The van der Waals surface area contributed by atoms with Crippen LogP contribution in [0.3, 0.4) is 0 Å². The third kappa shape index (κ3) is 2.82. The number of pyridine rings is 1. The Morgan fingerprint density at radius 1 is 1.14 bits per heavy atom. The lowest BCUT2D eigenvalue weighted by Gasteiger charge is -2.09. The molecule has 0 aliphatic heterocycles. The molecule has 3 aromatic rings. The number of nitrogens with one attached hydrogen (secondary N) is 1. The van der Waals surface area contributed by atoms with Crippen molar-refractivity contribution in [3.05, 3.63) is 46.1 Å². The van der Waals surface area contributed by atoms with Crippen molar-refractivity contribution in [1.82, 2.24) is 9.97 Å². The predicted molar refractivity (Wildman–Crippen MR) is 84.7 cm³/mol. The third-order valence-corrected chi connectivity index (χ3v) is 5.95. The number of anilines is 1. The summed E-state index contributed by atoms with van der Waals surface area (Å²) in [5.41, 5.74) is 0.823. The van der Waals surface area contributed by atoms with Crippen LogP contribution >= 0.6 is 34.5 Å². The average Bonchev–Trinajstić information content (AvgIpc) is 2.90. The number of halogens is 2. The molecule has 2 heterocycles. The van der Waals surface area contributed by atoms with Crippen LogP contribution in [0.25, 0.3) is 10.9 Å². The number of nitrogens with zero attached hydrogens (tertiary/aromatic N) is 2. The average molecular weight is 360 g/mol. The predicted octanol–water partition coefficient (Wildman–Crippen LogP) is 3.80. The van der Waals surface area contributed by atoms with E-state index in [0.29, 0.717) is 21.6 Å². The molecule has 0 spiro atoms. The molecule has 0 fully saturated rings. The Morgan fingerprint density at radius 2 is 1.95 bits per heavy atom. The van der Waals surface area contributed by atoms with Crippen LogP contribution < -0.4 is 4.72 Å². The smallest absolute Gasteiger partial charge is 0.273 e. The molecule has 0 atom stereocenters. The Hall–Kier alpha value is -1.41. The van der Waals surface area contributed by atoms with Crippen LogP contribution in [0.1, 0.15) is 0 Å². The van der Waals surface area contributed by atoms with Gasteiger partial charge in [-0.1, -0.05) is 34.5 Å². The number of rotatable bonds is 3. The van der Waals surface area contributed by atoms with Crippen LogP contribution in [0.2, 0.25) is 9.49 Å². The third-order valence-electron chi connectivity index (χ3n) is 2.68. The van der Waals surface area contributed by atoms with E-state index in [0.717, 1.165) is 11.3 Å². The topological polar surface area (TPSA) is 72.0 Å². The van der Waals surface area contributed by atoms with Crippen molar-refractivity contribution >= 4 is 61.2 Å². The highest BCUT2D eigenvalue weighted by molar-refractivity contribution is 7.94. The molecule has 108 valence electrons. The molecular weight excluding hydrogens is 353 g/mol. The van der Waals surface area contributed by atoms with Gasteiger partial charge in [-0.3, -0.25) is 9.71 Å². The van der Waals surface area contributed by atoms with Crippen molar-refractivity contribution in [3.8, 4) is 0 Å². The van der Waals surface area contributed by atoms with E-state index < -0.39 is 10.0 Å². The molecule has 3 rings (SSSR count). The molecule has 5 nitrogen and oxygen atoms in total. The summed E-state index contributed by atoms with van der Waals surface area (Å²) in [5.74, 6) is 0. The Labute approximate surface area is 134 Å². The molecular formula is C12H7Cl2N3O2S2. The molecule has 0 aliphatic rings. The first-order valence-electron chi connectivity index (χ1n) is 5.65. The molecule has 0 radical (unpaired) electrons. The zero-order valence-corrected chi connectivity index (χ0v) is 13.4. The fraction of sp³-hybridized carbons (Fsp3) is 0. The summed E-state index contributed by atoms with van der Waals surface area (Å²) in [4.78, 5) is 7.90. The second-order valence-corrected chi connectivity index (χ2v) is 7.96. The standard InChI is InChI=1S/C12H7Cl2N3O2S2/c13-8-3-4-9(11-7(8)2-1-5-15-11)17-21(18,19)10-6-16-12(14)20-10/h1-6,17H. The Bertz CT molecular complexity index is 925. The minimum absolute atomic E-state index is 0.0338. The highest BCUT2D eigenvalue weighted by Crippen LogP contribution is 2.30. The van der Waals surface area contributed by atoms with Crippen LogP contribution in [-0.4, -0.2) is 18.4 Å². The maximum atomic E-state index is 12.3. The SMILES string of the molecule is O=S(=O)(Nc1ccc(Cl)c2cccnc12)c1cnc(Cl)s1.